The average Bonchev–Trinajstić information content (AvgIpc) is 2.63. The van der Waals surface area contributed by atoms with Crippen LogP contribution in [0.5, 0.6) is 0 Å². The minimum atomic E-state index is -0.0327. The van der Waals surface area contributed by atoms with Crippen LogP contribution in [0.15, 0.2) is 0 Å². The number of aliphatic hydroxyl groups excluding tert-OH is 1. The van der Waals surface area contributed by atoms with Crippen LogP contribution in [0.1, 0.15) is 53.4 Å². The summed E-state index contributed by atoms with van der Waals surface area (Å²) in [4.78, 5) is 0. The fraction of sp³-hybridized carbons (Fsp3) is 1.00. The van der Waals surface area contributed by atoms with Crippen molar-refractivity contribution < 1.29 is 5.11 Å². The van der Waals surface area contributed by atoms with Crippen molar-refractivity contribution in [3.8, 4) is 0 Å². The van der Waals surface area contributed by atoms with E-state index in [0.29, 0.717) is 10.8 Å². The van der Waals surface area contributed by atoms with Gasteiger partial charge in [-0.3, -0.25) is 0 Å². The highest BCUT2D eigenvalue weighted by molar-refractivity contribution is 5.13. The Kier molecular flexibility index (Phi) is 2.11. The van der Waals surface area contributed by atoms with Gasteiger partial charge in [-0.05, 0) is 60.2 Å². The second-order valence-electron chi connectivity index (χ2n) is 7.81. The summed E-state index contributed by atoms with van der Waals surface area (Å²) in [6.07, 6.45) is 4.87. The van der Waals surface area contributed by atoms with E-state index in [-0.39, 0.29) is 6.10 Å². The molecule has 1 heteroatoms. The van der Waals surface area contributed by atoms with E-state index in [1.165, 1.54) is 12.8 Å². The SMILES string of the molecule is C[C@H]1C[C@H](O)C[C@@]2(C)C[C@H]3[C@@H](C[C@@H]12)C3(C)C. The van der Waals surface area contributed by atoms with Crippen molar-refractivity contribution in [2.24, 2.45) is 34.5 Å². The Bertz CT molecular complexity index is 309. The van der Waals surface area contributed by atoms with E-state index in [2.05, 4.69) is 27.7 Å². The maximum absolute atomic E-state index is 10.0. The van der Waals surface area contributed by atoms with Gasteiger partial charge >= 0.3 is 0 Å². The summed E-state index contributed by atoms with van der Waals surface area (Å²) in [6.45, 7) is 9.70. The summed E-state index contributed by atoms with van der Waals surface area (Å²) < 4.78 is 0. The third kappa shape index (κ3) is 1.33. The molecule has 3 rings (SSSR count). The van der Waals surface area contributed by atoms with Crippen molar-refractivity contribution in [3.05, 3.63) is 0 Å². The first kappa shape index (κ1) is 11.1. The fourth-order valence-corrected chi connectivity index (χ4v) is 5.31. The topological polar surface area (TPSA) is 20.2 Å². The number of fused-ring (bicyclic) bond motifs is 2. The van der Waals surface area contributed by atoms with E-state index in [0.717, 1.165) is 36.5 Å². The molecule has 16 heavy (non-hydrogen) atoms. The molecule has 0 unspecified atom stereocenters. The van der Waals surface area contributed by atoms with Gasteiger partial charge in [0.2, 0.25) is 0 Å². The lowest BCUT2D eigenvalue weighted by atomic mass is 9.56. The maximum atomic E-state index is 10.0. The van der Waals surface area contributed by atoms with Gasteiger partial charge in [-0.25, -0.2) is 0 Å². The van der Waals surface area contributed by atoms with Crippen LogP contribution in [0.3, 0.4) is 0 Å². The molecule has 0 aromatic carbocycles. The lowest BCUT2D eigenvalue weighted by molar-refractivity contribution is -0.0485. The molecular weight excluding hydrogens is 196 g/mol. The lowest BCUT2D eigenvalue weighted by Crippen LogP contribution is -2.44. The first-order valence-electron chi connectivity index (χ1n) is 7.02. The van der Waals surface area contributed by atoms with Gasteiger partial charge in [-0.2, -0.15) is 0 Å². The molecule has 3 aliphatic rings. The zero-order valence-corrected chi connectivity index (χ0v) is 11.2. The molecule has 6 atom stereocenters. The highest BCUT2D eigenvalue weighted by atomic mass is 16.3. The van der Waals surface area contributed by atoms with Crippen LogP contribution >= 0.6 is 0 Å². The van der Waals surface area contributed by atoms with Crippen molar-refractivity contribution >= 4 is 0 Å². The van der Waals surface area contributed by atoms with Crippen LogP contribution in [0, 0.1) is 34.5 Å². The normalized spacial score (nSPS) is 58.7. The molecule has 0 spiro atoms. The van der Waals surface area contributed by atoms with E-state index < -0.39 is 0 Å². The van der Waals surface area contributed by atoms with Crippen LogP contribution in [0.25, 0.3) is 0 Å². The molecular formula is C15H26O. The summed E-state index contributed by atoms with van der Waals surface area (Å²) >= 11 is 0. The number of rotatable bonds is 0. The van der Waals surface area contributed by atoms with Crippen molar-refractivity contribution in [1.82, 2.24) is 0 Å². The molecule has 0 radical (unpaired) electrons. The molecule has 1 N–H and O–H groups in total. The summed E-state index contributed by atoms with van der Waals surface area (Å²) in [6, 6.07) is 0. The van der Waals surface area contributed by atoms with Gasteiger partial charge in [-0.15, -0.1) is 0 Å². The van der Waals surface area contributed by atoms with Gasteiger partial charge in [0.25, 0.3) is 0 Å². The molecule has 3 fully saturated rings. The average molecular weight is 222 g/mol. The van der Waals surface area contributed by atoms with Gasteiger partial charge < -0.3 is 5.11 Å². The second kappa shape index (κ2) is 3.04. The first-order valence-corrected chi connectivity index (χ1v) is 7.02. The first-order chi connectivity index (χ1) is 7.34. The Morgan fingerprint density at radius 2 is 1.62 bits per heavy atom. The van der Waals surface area contributed by atoms with Gasteiger partial charge in [-0.1, -0.05) is 27.7 Å². The number of hydrogen-bond donors (Lipinski definition) is 1. The van der Waals surface area contributed by atoms with Gasteiger partial charge in [0, 0.05) is 0 Å². The van der Waals surface area contributed by atoms with Crippen molar-refractivity contribution in [1.29, 1.82) is 0 Å². The molecule has 0 aromatic heterocycles. The minimum Gasteiger partial charge on any atom is -0.393 e. The zero-order chi connectivity index (χ0) is 11.7. The molecule has 0 amide bonds. The summed E-state index contributed by atoms with van der Waals surface area (Å²) in [5.41, 5.74) is 1.04. The minimum absolute atomic E-state index is 0.0327. The third-order valence-corrected chi connectivity index (χ3v) is 6.41. The molecule has 3 saturated carbocycles. The van der Waals surface area contributed by atoms with Gasteiger partial charge in [0.1, 0.15) is 0 Å². The summed E-state index contributed by atoms with van der Waals surface area (Å²) in [7, 11) is 0. The monoisotopic (exact) mass is 222 g/mol. The van der Waals surface area contributed by atoms with Crippen molar-refractivity contribution in [2.75, 3.05) is 0 Å². The van der Waals surface area contributed by atoms with Crippen LogP contribution < -0.4 is 0 Å². The third-order valence-electron chi connectivity index (χ3n) is 6.41. The zero-order valence-electron chi connectivity index (χ0n) is 11.2. The molecule has 0 bridgehead atoms. The van der Waals surface area contributed by atoms with E-state index in [1.807, 2.05) is 0 Å². The molecule has 0 saturated heterocycles. The molecule has 3 aliphatic carbocycles. The largest absolute Gasteiger partial charge is 0.393 e. The molecule has 0 aromatic rings. The van der Waals surface area contributed by atoms with Gasteiger partial charge in [0.15, 0.2) is 0 Å². The standard InChI is InChI=1S/C15H26O/c1-9-5-10(16)7-15(4)8-13-12(6-11(9)15)14(13,2)3/h9-13,16H,5-8H2,1-4H3/t9-,10-,11-,12+,13-,15-/m0/s1. The van der Waals surface area contributed by atoms with Gasteiger partial charge in [0.05, 0.1) is 6.10 Å². The Morgan fingerprint density at radius 3 is 2.31 bits per heavy atom. The lowest BCUT2D eigenvalue weighted by Gasteiger charge is -2.50. The van der Waals surface area contributed by atoms with E-state index in [9.17, 15) is 5.11 Å². The van der Waals surface area contributed by atoms with Crippen LogP contribution in [0.2, 0.25) is 0 Å². The highest BCUT2D eigenvalue weighted by Gasteiger charge is 2.65. The molecule has 1 nitrogen and oxygen atoms in total. The van der Waals surface area contributed by atoms with Crippen molar-refractivity contribution in [3.63, 3.8) is 0 Å². The predicted octanol–water partition coefficient (Wildman–Crippen LogP) is 3.47. The Balaban J connectivity index is 1.86. The smallest absolute Gasteiger partial charge is 0.0548 e. The summed E-state index contributed by atoms with van der Waals surface area (Å²) in [5, 5.41) is 10.0. The Hall–Kier alpha value is -0.0400. The molecule has 0 aliphatic heterocycles. The van der Waals surface area contributed by atoms with E-state index >= 15 is 0 Å². The van der Waals surface area contributed by atoms with Crippen LogP contribution in [-0.2, 0) is 0 Å². The number of aliphatic hydroxyl groups is 1. The van der Waals surface area contributed by atoms with Crippen molar-refractivity contribution in [2.45, 2.75) is 59.5 Å². The Morgan fingerprint density at radius 1 is 0.938 bits per heavy atom. The molecule has 92 valence electrons. The quantitative estimate of drug-likeness (QED) is 0.665. The number of hydrogen-bond acceptors (Lipinski definition) is 1. The second-order valence-corrected chi connectivity index (χ2v) is 7.81. The van der Waals surface area contributed by atoms with Crippen LogP contribution in [-0.4, -0.2) is 11.2 Å². The Labute approximate surface area is 99.6 Å². The highest BCUT2D eigenvalue weighted by Crippen LogP contribution is 2.71. The van der Waals surface area contributed by atoms with Crippen LogP contribution in [0.4, 0.5) is 0 Å². The predicted molar refractivity (Wildman–Crippen MR) is 66.0 cm³/mol. The summed E-state index contributed by atoms with van der Waals surface area (Å²) in [5.74, 6) is 3.54. The van der Waals surface area contributed by atoms with E-state index in [4.69, 9.17) is 0 Å². The maximum Gasteiger partial charge on any atom is 0.0548 e. The van der Waals surface area contributed by atoms with E-state index in [1.54, 1.807) is 0 Å². The molecule has 0 heterocycles. The fourth-order valence-electron chi connectivity index (χ4n) is 5.31.